The topological polar surface area (TPSA) is 41.1 Å². The second-order valence-electron chi connectivity index (χ2n) is 5.23. The van der Waals surface area contributed by atoms with Crippen molar-refractivity contribution in [3.05, 3.63) is 0 Å². The predicted molar refractivity (Wildman–Crippen MR) is 67.7 cm³/mol. The highest BCUT2D eigenvalue weighted by molar-refractivity contribution is 5.85. The van der Waals surface area contributed by atoms with Gasteiger partial charge in [-0.15, -0.1) is 12.4 Å². The third-order valence-electron chi connectivity index (χ3n) is 3.85. The van der Waals surface area contributed by atoms with Crippen LogP contribution in [0.4, 0.5) is 0 Å². The summed E-state index contributed by atoms with van der Waals surface area (Å²) in [6.45, 7) is 4.97. The maximum absolute atomic E-state index is 11.6. The van der Waals surface area contributed by atoms with Crippen LogP contribution in [-0.2, 0) is 4.79 Å². The molecule has 1 aliphatic heterocycles. The summed E-state index contributed by atoms with van der Waals surface area (Å²) in [6, 6.07) is 0. The lowest BCUT2D eigenvalue weighted by atomic mass is 9.83. The Kier molecular flexibility index (Phi) is 5.56. The van der Waals surface area contributed by atoms with Crippen molar-refractivity contribution in [1.82, 2.24) is 10.6 Å². The van der Waals surface area contributed by atoms with Crippen molar-refractivity contribution in [3.8, 4) is 0 Å². The third-order valence-corrected chi connectivity index (χ3v) is 3.85. The van der Waals surface area contributed by atoms with E-state index in [4.69, 9.17) is 0 Å². The lowest BCUT2D eigenvalue weighted by Gasteiger charge is -2.29. The average molecular weight is 247 g/mol. The van der Waals surface area contributed by atoms with Crippen molar-refractivity contribution in [1.29, 1.82) is 0 Å². The Morgan fingerprint density at radius 2 is 1.88 bits per heavy atom. The lowest BCUT2D eigenvalue weighted by Crippen LogP contribution is -2.51. The first kappa shape index (κ1) is 13.8. The molecular weight excluding hydrogens is 224 g/mol. The van der Waals surface area contributed by atoms with Crippen molar-refractivity contribution in [3.63, 3.8) is 0 Å². The van der Waals surface area contributed by atoms with Gasteiger partial charge in [-0.3, -0.25) is 4.79 Å². The fourth-order valence-corrected chi connectivity index (χ4v) is 2.40. The highest BCUT2D eigenvalue weighted by atomic mass is 35.5. The fraction of sp³-hybridized carbons (Fsp3) is 0.917. The summed E-state index contributed by atoms with van der Waals surface area (Å²) in [7, 11) is 0. The van der Waals surface area contributed by atoms with Crippen LogP contribution in [0, 0.1) is 17.8 Å². The molecule has 2 N–H and O–H groups in total. The highest BCUT2D eigenvalue weighted by Gasteiger charge is 2.25. The van der Waals surface area contributed by atoms with Crippen LogP contribution >= 0.6 is 12.4 Å². The molecule has 4 heteroatoms. The summed E-state index contributed by atoms with van der Waals surface area (Å²) in [5, 5.41) is 6.22. The number of amides is 1. The number of nitrogens with one attached hydrogen (secondary N) is 2. The van der Waals surface area contributed by atoms with Crippen LogP contribution < -0.4 is 10.6 Å². The molecule has 94 valence electrons. The minimum absolute atomic E-state index is 0. The molecule has 16 heavy (non-hydrogen) atoms. The Morgan fingerprint density at radius 3 is 2.38 bits per heavy atom. The Hall–Kier alpha value is -0.280. The minimum atomic E-state index is 0. The molecule has 2 rings (SSSR count). The van der Waals surface area contributed by atoms with Gasteiger partial charge in [0.2, 0.25) is 5.91 Å². The van der Waals surface area contributed by atoms with E-state index in [0.29, 0.717) is 0 Å². The Labute approximate surface area is 104 Å². The number of carbonyl (C=O) groups excluding carboxylic acids is 1. The van der Waals surface area contributed by atoms with Gasteiger partial charge in [-0.1, -0.05) is 19.8 Å². The van der Waals surface area contributed by atoms with E-state index < -0.39 is 0 Å². The van der Waals surface area contributed by atoms with Gasteiger partial charge in [0.1, 0.15) is 0 Å². The van der Waals surface area contributed by atoms with Crippen LogP contribution in [0.1, 0.15) is 32.6 Å². The van der Waals surface area contributed by atoms with Crippen LogP contribution in [0.15, 0.2) is 0 Å². The van der Waals surface area contributed by atoms with E-state index in [1.807, 2.05) is 0 Å². The molecule has 2 aliphatic rings. The van der Waals surface area contributed by atoms with Crippen LogP contribution in [0.2, 0.25) is 0 Å². The average Bonchev–Trinajstić information content (AvgIpc) is 2.14. The van der Waals surface area contributed by atoms with E-state index in [1.54, 1.807) is 0 Å². The molecule has 0 radical (unpaired) electrons. The van der Waals surface area contributed by atoms with Crippen molar-refractivity contribution in [2.75, 3.05) is 19.6 Å². The molecule has 1 aliphatic carbocycles. The van der Waals surface area contributed by atoms with E-state index in [1.165, 1.54) is 25.7 Å². The number of rotatable bonds is 3. The molecule has 0 spiro atoms. The molecule has 1 saturated carbocycles. The normalized spacial score (nSPS) is 30.1. The van der Waals surface area contributed by atoms with Crippen LogP contribution in [0.5, 0.6) is 0 Å². The first-order valence-corrected chi connectivity index (χ1v) is 6.24. The maximum Gasteiger partial charge on any atom is 0.225 e. The SMILES string of the molecule is CC1CCC(CNC(=O)C2CNC2)CC1.Cl. The van der Waals surface area contributed by atoms with E-state index >= 15 is 0 Å². The zero-order valence-corrected chi connectivity index (χ0v) is 10.8. The van der Waals surface area contributed by atoms with Crippen molar-refractivity contribution in [2.24, 2.45) is 17.8 Å². The summed E-state index contributed by atoms with van der Waals surface area (Å²) in [4.78, 5) is 11.6. The van der Waals surface area contributed by atoms with Crippen molar-refractivity contribution >= 4 is 18.3 Å². The van der Waals surface area contributed by atoms with Gasteiger partial charge in [-0.25, -0.2) is 0 Å². The largest absolute Gasteiger partial charge is 0.356 e. The van der Waals surface area contributed by atoms with E-state index in [-0.39, 0.29) is 24.2 Å². The van der Waals surface area contributed by atoms with E-state index in [9.17, 15) is 4.79 Å². The maximum atomic E-state index is 11.6. The minimum Gasteiger partial charge on any atom is -0.356 e. The summed E-state index contributed by atoms with van der Waals surface area (Å²) >= 11 is 0. The number of hydrogen-bond acceptors (Lipinski definition) is 2. The third kappa shape index (κ3) is 3.63. The van der Waals surface area contributed by atoms with Gasteiger partial charge in [0.15, 0.2) is 0 Å². The van der Waals surface area contributed by atoms with Gasteiger partial charge in [0, 0.05) is 19.6 Å². The molecule has 0 aromatic rings. The molecule has 0 atom stereocenters. The Balaban J connectivity index is 0.00000128. The fourth-order valence-electron chi connectivity index (χ4n) is 2.40. The van der Waals surface area contributed by atoms with Crippen molar-refractivity contribution < 1.29 is 4.79 Å². The first-order chi connectivity index (χ1) is 7.25. The second-order valence-corrected chi connectivity index (χ2v) is 5.23. The first-order valence-electron chi connectivity index (χ1n) is 6.24. The molecule has 3 nitrogen and oxygen atoms in total. The number of halogens is 1. The monoisotopic (exact) mass is 246 g/mol. The predicted octanol–water partition coefficient (Wildman–Crippen LogP) is 1.57. The molecule has 0 aromatic heterocycles. The zero-order chi connectivity index (χ0) is 10.7. The molecule has 1 amide bonds. The summed E-state index contributed by atoms with van der Waals surface area (Å²) in [5.74, 6) is 2.13. The van der Waals surface area contributed by atoms with Crippen molar-refractivity contribution in [2.45, 2.75) is 32.6 Å². The molecule has 0 bridgehead atoms. The molecular formula is C12H23ClN2O. The number of hydrogen-bond donors (Lipinski definition) is 2. The second kappa shape index (κ2) is 6.45. The van der Waals surface area contributed by atoms with Gasteiger partial charge < -0.3 is 10.6 Å². The van der Waals surface area contributed by atoms with Gasteiger partial charge in [0.25, 0.3) is 0 Å². The molecule has 0 aromatic carbocycles. The molecule has 0 unspecified atom stereocenters. The molecule has 2 fully saturated rings. The van der Waals surface area contributed by atoms with E-state index in [0.717, 1.165) is 31.5 Å². The summed E-state index contributed by atoms with van der Waals surface area (Å²) in [5.41, 5.74) is 0. The lowest BCUT2D eigenvalue weighted by molar-refractivity contribution is -0.126. The zero-order valence-electron chi connectivity index (χ0n) is 10.00. The van der Waals surface area contributed by atoms with Crippen LogP contribution in [-0.4, -0.2) is 25.5 Å². The highest BCUT2D eigenvalue weighted by Crippen LogP contribution is 2.27. The Bertz CT molecular complexity index is 223. The van der Waals surface area contributed by atoms with E-state index in [2.05, 4.69) is 17.6 Å². The standard InChI is InChI=1S/C12H22N2O.ClH/c1-9-2-4-10(5-3-9)6-14-12(15)11-7-13-8-11;/h9-11,13H,2-8H2,1H3,(H,14,15);1H. The summed E-state index contributed by atoms with van der Waals surface area (Å²) in [6.07, 6.45) is 5.27. The molecule has 1 heterocycles. The smallest absolute Gasteiger partial charge is 0.225 e. The quantitative estimate of drug-likeness (QED) is 0.794. The van der Waals surface area contributed by atoms with Gasteiger partial charge in [-0.05, 0) is 24.7 Å². The van der Waals surface area contributed by atoms with Gasteiger partial charge >= 0.3 is 0 Å². The number of carbonyl (C=O) groups is 1. The Morgan fingerprint density at radius 1 is 1.25 bits per heavy atom. The van der Waals surface area contributed by atoms with Crippen LogP contribution in [0.25, 0.3) is 0 Å². The van der Waals surface area contributed by atoms with Gasteiger partial charge in [0.05, 0.1) is 5.92 Å². The summed E-state index contributed by atoms with van der Waals surface area (Å²) < 4.78 is 0. The van der Waals surface area contributed by atoms with Gasteiger partial charge in [-0.2, -0.15) is 0 Å². The molecule has 1 saturated heterocycles. The van der Waals surface area contributed by atoms with Crippen LogP contribution in [0.3, 0.4) is 0 Å².